The van der Waals surface area contributed by atoms with Gasteiger partial charge in [0.15, 0.2) is 0 Å². The van der Waals surface area contributed by atoms with Crippen molar-refractivity contribution in [3.63, 3.8) is 0 Å². The molecule has 0 bridgehead atoms. The van der Waals surface area contributed by atoms with Crippen molar-refractivity contribution in [2.45, 2.75) is 25.2 Å². The molecule has 4 heterocycles. The topological polar surface area (TPSA) is 114 Å². The molecule has 0 radical (unpaired) electrons. The van der Waals surface area contributed by atoms with E-state index in [1.165, 1.54) is 6.33 Å². The molecule has 0 amide bonds. The van der Waals surface area contributed by atoms with E-state index in [-0.39, 0.29) is 12.3 Å². The van der Waals surface area contributed by atoms with E-state index < -0.39 is 0 Å². The summed E-state index contributed by atoms with van der Waals surface area (Å²) >= 11 is 3.40. The summed E-state index contributed by atoms with van der Waals surface area (Å²) in [5.41, 5.74) is 13.4. The van der Waals surface area contributed by atoms with Gasteiger partial charge in [-0.15, -0.1) is 0 Å². The molecule has 0 aliphatic carbocycles. The van der Waals surface area contributed by atoms with Crippen molar-refractivity contribution in [2.24, 2.45) is 0 Å². The Labute approximate surface area is 175 Å². The molecule has 1 fully saturated rings. The molecule has 1 aromatic carbocycles. The second-order valence-electron chi connectivity index (χ2n) is 7.03. The number of pyridine rings is 1. The van der Waals surface area contributed by atoms with Gasteiger partial charge in [-0.2, -0.15) is 0 Å². The second kappa shape index (κ2) is 7.16. The maximum atomic E-state index is 6.19. The molecule has 3 aromatic heterocycles. The van der Waals surface area contributed by atoms with Gasteiger partial charge >= 0.3 is 0 Å². The van der Waals surface area contributed by atoms with Crippen LogP contribution in [0.15, 0.2) is 47.3 Å². The van der Waals surface area contributed by atoms with E-state index in [0.717, 1.165) is 45.0 Å². The van der Waals surface area contributed by atoms with E-state index >= 15 is 0 Å². The number of fused-ring (bicyclic) bond motifs is 2. The summed E-state index contributed by atoms with van der Waals surface area (Å²) in [6.07, 6.45) is 5.10. The van der Waals surface area contributed by atoms with Crippen LogP contribution >= 0.6 is 15.9 Å². The number of anilines is 2. The maximum absolute atomic E-state index is 6.19. The lowest BCUT2D eigenvalue weighted by molar-refractivity contribution is -0.0156. The molecule has 4 N–H and O–H groups in total. The quantitative estimate of drug-likeness (QED) is 0.483. The van der Waals surface area contributed by atoms with Crippen LogP contribution in [-0.2, 0) is 4.74 Å². The lowest BCUT2D eigenvalue weighted by Gasteiger charge is -2.16. The number of nitrogens with zero attached hydrogens (tertiary/aromatic N) is 4. The molecule has 9 heteroatoms. The van der Waals surface area contributed by atoms with Crippen molar-refractivity contribution in [3.8, 4) is 5.75 Å². The van der Waals surface area contributed by atoms with Gasteiger partial charge in [0, 0.05) is 17.6 Å². The third-order valence-corrected chi connectivity index (χ3v) is 5.78. The zero-order valence-corrected chi connectivity index (χ0v) is 17.0. The van der Waals surface area contributed by atoms with Gasteiger partial charge in [-0.3, -0.25) is 0 Å². The van der Waals surface area contributed by atoms with Gasteiger partial charge in [0.25, 0.3) is 0 Å². The fourth-order valence-electron chi connectivity index (χ4n) is 3.65. The summed E-state index contributed by atoms with van der Waals surface area (Å²) in [5.74, 6) is 1.68. The molecule has 29 heavy (non-hydrogen) atoms. The van der Waals surface area contributed by atoms with Crippen molar-refractivity contribution in [3.05, 3.63) is 47.3 Å². The highest BCUT2D eigenvalue weighted by molar-refractivity contribution is 9.10. The van der Waals surface area contributed by atoms with Gasteiger partial charge in [-0.05, 0) is 53.0 Å². The van der Waals surface area contributed by atoms with Gasteiger partial charge in [-0.1, -0.05) is 0 Å². The van der Waals surface area contributed by atoms with Crippen LogP contribution in [0, 0.1) is 0 Å². The Morgan fingerprint density at radius 3 is 2.93 bits per heavy atom. The molecule has 1 aliphatic rings. The molecule has 0 saturated carbocycles. The fraction of sp³-hybridized carbons (Fsp3) is 0.250. The van der Waals surface area contributed by atoms with E-state index in [1.54, 1.807) is 0 Å². The van der Waals surface area contributed by atoms with E-state index in [4.69, 9.17) is 20.9 Å². The minimum Gasteiger partial charge on any atom is -0.491 e. The summed E-state index contributed by atoms with van der Waals surface area (Å²) in [6.45, 7) is 0.463. The lowest BCUT2D eigenvalue weighted by Crippen LogP contribution is -2.18. The minimum absolute atomic E-state index is 0.00437. The van der Waals surface area contributed by atoms with Gasteiger partial charge in [0.2, 0.25) is 0 Å². The molecular weight excluding hydrogens is 436 g/mol. The molecule has 0 spiro atoms. The maximum Gasteiger partial charge on any atom is 0.147 e. The van der Waals surface area contributed by atoms with Gasteiger partial charge in [0.05, 0.1) is 21.5 Å². The van der Waals surface area contributed by atoms with Crippen LogP contribution in [0.4, 0.5) is 11.6 Å². The third-order valence-electron chi connectivity index (χ3n) is 5.14. The highest BCUT2D eigenvalue weighted by Crippen LogP contribution is 2.32. The number of hydrogen-bond donors (Lipinski definition) is 2. The van der Waals surface area contributed by atoms with Crippen LogP contribution in [-0.4, -0.2) is 32.2 Å². The number of aromatic nitrogens is 4. The van der Waals surface area contributed by atoms with E-state index in [9.17, 15) is 0 Å². The fourth-order valence-corrected chi connectivity index (χ4v) is 3.99. The summed E-state index contributed by atoms with van der Waals surface area (Å²) in [4.78, 5) is 12.8. The first kappa shape index (κ1) is 18.1. The SMILES string of the molecule is Nc1nc2cc(OCC3CCC(n4ccc5c(N)ncnc54)O3)ccc2cc1Br. The van der Waals surface area contributed by atoms with Gasteiger partial charge in [0.1, 0.15) is 42.2 Å². The Hall–Kier alpha value is -2.91. The standard InChI is InChI=1S/C20H19BrN6O2/c21-15-7-11-1-2-12(8-16(11)26-19(15)23)28-9-13-3-4-17(29-13)27-6-5-14-18(22)24-10-25-20(14)27/h1-2,5-8,10,13,17H,3-4,9H2,(H2,23,26)(H2,22,24,25). The minimum atomic E-state index is -0.0918. The van der Waals surface area contributed by atoms with Crippen molar-refractivity contribution in [1.29, 1.82) is 0 Å². The second-order valence-corrected chi connectivity index (χ2v) is 7.88. The summed E-state index contributed by atoms with van der Waals surface area (Å²) in [5, 5.41) is 1.83. The number of halogens is 1. The number of ether oxygens (including phenoxy) is 2. The molecule has 2 atom stereocenters. The number of benzene rings is 1. The Morgan fingerprint density at radius 1 is 1.14 bits per heavy atom. The van der Waals surface area contributed by atoms with E-state index in [0.29, 0.717) is 18.2 Å². The van der Waals surface area contributed by atoms with Crippen molar-refractivity contribution < 1.29 is 9.47 Å². The number of hydrogen-bond acceptors (Lipinski definition) is 7. The first-order chi connectivity index (χ1) is 14.1. The molecular formula is C20H19BrN6O2. The predicted octanol–water partition coefficient (Wildman–Crippen LogP) is 3.66. The van der Waals surface area contributed by atoms with Crippen LogP contribution in [0.3, 0.4) is 0 Å². The largest absolute Gasteiger partial charge is 0.491 e. The third kappa shape index (κ3) is 3.36. The van der Waals surface area contributed by atoms with E-state index in [1.807, 2.05) is 41.1 Å². The normalized spacial score (nSPS) is 19.2. The number of rotatable bonds is 4. The van der Waals surface area contributed by atoms with E-state index in [2.05, 4.69) is 30.9 Å². The Morgan fingerprint density at radius 2 is 2.03 bits per heavy atom. The average Bonchev–Trinajstić information content (AvgIpc) is 3.35. The van der Waals surface area contributed by atoms with Crippen molar-refractivity contribution in [2.75, 3.05) is 18.1 Å². The molecule has 1 aliphatic heterocycles. The first-order valence-electron chi connectivity index (χ1n) is 9.29. The van der Waals surface area contributed by atoms with Crippen molar-refractivity contribution in [1.82, 2.24) is 19.5 Å². The highest BCUT2D eigenvalue weighted by atomic mass is 79.9. The zero-order valence-electron chi connectivity index (χ0n) is 15.5. The van der Waals surface area contributed by atoms with Gasteiger partial charge in [-0.25, -0.2) is 15.0 Å². The Balaban J connectivity index is 1.27. The molecule has 2 unspecified atom stereocenters. The van der Waals surface area contributed by atoms with Crippen LogP contribution in [0.5, 0.6) is 5.75 Å². The Bertz CT molecular complexity index is 1210. The summed E-state index contributed by atoms with van der Waals surface area (Å²) in [7, 11) is 0. The number of nitrogen functional groups attached to an aromatic ring is 2. The molecule has 148 valence electrons. The molecule has 8 nitrogen and oxygen atoms in total. The molecule has 1 saturated heterocycles. The van der Waals surface area contributed by atoms with Crippen LogP contribution in [0.25, 0.3) is 21.9 Å². The summed E-state index contributed by atoms with van der Waals surface area (Å²) < 4.78 is 15.0. The van der Waals surface area contributed by atoms with Gasteiger partial charge < -0.3 is 25.5 Å². The van der Waals surface area contributed by atoms with Crippen LogP contribution < -0.4 is 16.2 Å². The average molecular weight is 455 g/mol. The Kier molecular flexibility index (Phi) is 4.48. The predicted molar refractivity (Wildman–Crippen MR) is 114 cm³/mol. The lowest BCUT2D eigenvalue weighted by atomic mass is 10.2. The van der Waals surface area contributed by atoms with Crippen LogP contribution in [0.1, 0.15) is 19.1 Å². The van der Waals surface area contributed by atoms with Crippen molar-refractivity contribution >= 4 is 49.5 Å². The first-order valence-corrected chi connectivity index (χ1v) is 10.1. The van der Waals surface area contributed by atoms with Crippen LogP contribution in [0.2, 0.25) is 0 Å². The molecule has 4 aromatic rings. The smallest absolute Gasteiger partial charge is 0.147 e. The molecule has 5 rings (SSSR count). The highest BCUT2D eigenvalue weighted by Gasteiger charge is 2.28. The zero-order chi connectivity index (χ0) is 20.0. The number of nitrogens with two attached hydrogens (primary N) is 2. The monoisotopic (exact) mass is 454 g/mol. The summed E-state index contributed by atoms with van der Waals surface area (Å²) in [6, 6.07) is 9.66.